The Morgan fingerprint density at radius 2 is 1.94 bits per heavy atom. The van der Waals surface area contributed by atoms with Crippen LogP contribution < -0.4 is 5.32 Å². The first-order chi connectivity index (χ1) is 8.76. The summed E-state index contributed by atoms with van der Waals surface area (Å²) in [7, 11) is 0. The second kappa shape index (κ2) is 6.80. The highest BCUT2D eigenvalue weighted by Crippen LogP contribution is 2.33. The quantitative estimate of drug-likeness (QED) is 0.854. The van der Waals surface area contributed by atoms with E-state index in [2.05, 4.69) is 11.6 Å². The van der Waals surface area contributed by atoms with Gasteiger partial charge in [0.05, 0.1) is 0 Å². The third-order valence-electron chi connectivity index (χ3n) is 4.40. The van der Waals surface area contributed by atoms with Gasteiger partial charge in [-0.15, -0.1) is 0 Å². The van der Waals surface area contributed by atoms with Gasteiger partial charge in [-0.1, -0.05) is 19.3 Å². The minimum absolute atomic E-state index is 0.211. The monoisotopic (exact) mass is 271 g/mol. The molecule has 2 fully saturated rings. The van der Waals surface area contributed by atoms with Gasteiger partial charge < -0.3 is 10.1 Å². The summed E-state index contributed by atoms with van der Waals surface area (Å²) in [5.41, 5.74) is 0. The maximum absolute atomic E-state index is 12.1. The van der Waals surface area contributed by atoms with Crippen LogP contribution in [0, 0.1) is 5.92 Å². The van der Waals surface area contributed by atoms with Crippen LogP contribution in [0.25, 0.3) is 0 Å². The lowest BCUT2D eigenvalue weighted by Gasteiger charge is -2.36. The molecule has 1 amide bonds. The Labute approximate surface area is 114 Å². The fraction of sp³-hybridized carbons (Fsp3) is 0.929. The van der Waals surface area contributed by atoms with Crippen molar-refractivity contribution in [3.05, 3.63) is 0 Å². The smallest absolute Gasteiger partial charge is 0.223 e. The molecule has 0 radical (unpaired) electrons. The van der Waals surface area contributed by atoms with Crippen molar-refractivity contribution in [2.45, 2.75) is 49.7 Å². The number of nitrogens with one attached hydrogen (secondary N) is 1. The maximum Gasteiger partial charge on any atom is 0.223 e. The van der Waals surface area contributed by atoms with E-state index >= 15 is 0 Å². The average molecular weight is 271 g/mol. The van der Waals surface area contributed by atoms with Gasteiger partial charge in [0.1, 0.15) is 0 Å². The molecule has 0 bridgehead atoms. The molecule has 1 aliphatic carbocycles. The van der Waals surface area contributed by atoms with Gasteiger partial charge in [-0.05, 0) is 31.9 Å². The molecule has 0 aromatic heterocycles. The summed E-state index contributed by atoms with van der Waals surface area (Å²) >= 11 is 1.89. The lowest BCUT2D eigenvalue weighted by Crippen LogP contribution is -2.45. The first-order valence-electron chi connectivity index (χ1n) is 7.16. The number of hydrogen-bond acceptors (Lipinski definition) is 3. The Bertz CT molecular complexity index is 271. The average Bonchev–Trinajstić information content (AvgIpc) is 2.47. The third-order valence-corrected chi connectivity index (χ3v) is 5.82. The maximum atomic E-state index is 12.1. The lowest BCUT2D eigenvalue weighted by atomic mass is 9.88. The molecule has 18 heavy (non-hydrogen) atoms. The molecule has 2 aliphatic rings. The van der Waals surface area contributed by atoms with E-state index in [0.29, 0.717) is 0 Å². The summed E-state index contributed by atoms with van der Waals surface area (Å²) < 4.78 is 5.63. The molecule has 0 spiro atoms. The Balaban J connectivity index is 1.79. The van der Waals surface area contributed by atoms with Crippen LogP contribution in [-0.2, 0) is 9.53 Å². The Morgan fingerprint density at radius 1 is 1.28 bits per heavy atom. The topological polar surface area (TPSA) is 38.3 Å². The highest BCUT2D eigenvalue weighted by atomic mass is 32.2. The second-order valence-electron chi connectivity index (χ2n) is 5.55. The summed E-state index contributed by atoms with van der Waals surface area (Å²) in [5, 5.41) is 3.20. The molecule has 0 unspecified atom stereocenters. The lowest BCUT2D eigenvalue weighted by molar-refractivity contribution is -0.126. The molecule has 1 saturated heterocycles. The molecule has 2 rings (SSSR count). The first-order valence-corrected chi connectivity index (χ1v) is 8.39. The summed E-state index contributed by atoms with van der Waals surface area (Å²) in [6.07, 6.45) is 10.2. The number of carbonyl (C=O) groups is 1. The Morgan fingerprint density at radius 3 is 2.56 bits per heavy atom. The van der Waals surface area contributed by atoms with Gasteiger partial charge in [-0.3, -0.25) is 4.79 Å². The van der Waals surface area contributed by atoms with Crippen LogP contribution in [0.1, 0.15) is 44.9 Å². The zero-order chi connectivity index (χ0) is 12.8. The Kier molecular flexibility index (Phi) is 5.37. The van der Waals surface area contributed by atoms with E-state index in [1.165, 1.54) is 19.3 Å². The van der Waals surface area contributed by atoms with Crippen molar-refractivity contribution < 1.29 is 9.53 Å². The predicted octanol–water partition coefficient (Wildman–Crippen LogP) is 2.60. The SMILES string of the molecule is CSC1(CNC(=O)C2CCCCC2)CCOCC1. The van der Waals surface area contributed by atoms with E-state index < -0.39 is 0 Å². The van der Waals surface area contributed by atoms with Gasteiger partial charge in [0.2, 0.25) is 5.91 Å². The van der Waals surface area contributed by atoms with Crippen molar-refractivity contribution in [2.75, 3.05) is 26.0 Å². The van der Waals surface area contributed by atoms with Crippen LogP contribution >= 0.6 is 11.8 Å². The summed E-state index contributed by atoms with van der Waals surface area (Å²) in [6.45, 7) is 2.48. The van der Waals surface area contributed by atoms with Gasteiger partial charge >= 0.3 is 0 Å². The molecule has 3 nitrogen and oxygen atoms in total. The van der Waals surface area contributed by atoms with Crippen molar-refractivity contribution in [1.82, 2.24) is 5.32 Å². The van der Waals surface area contributed by atoms with Crippen molar-refractivity contribution in [1.29, 1.82) is 0 Å². The zero-order valence-electron chi connectivity index (χ0n) is 11.4. The molecule has 0 atom stereocenters. The molecule has 1 heterocycles. The van der Waals surface area contributed by atoms with Gasteiger partial charge in [0.15, 0.2) is 0 Å². The van der Waals surface area contributed by atoms with Crippen molar-refractivity contribution >= 4 is 17.7 Å². The van der Waals surface area contributed by atoms with E-state index in [0.717, 1.165) is 45.4 Å². The summed E-state index contributed by atoms with van der Waals surface area (Å²) in [4.78, 5) is 12.1. The van der Waals surface area contributed by atoms with Crippen LogP contribution in [0.2, 0.25) is 0 Å². The minimum atomic E-state index is 0.211. The number of ether oxygens (including phenoxy) is 1. The molecule has 1 N–H and O–H groups in total. The molecular formula is C14H25NO2S. The second-order valence-corrected chi connectivity index (χ2v) is 6.83. The number of hydrogen-bond donors (Lipinski definition) is 1. The number of carbonyl (C=O) groups excluding carboxylic acids is 1. The molecule has 1 saturated carbocycles. The van der Waals surface area contributed by atoms with Gasteiger partial charge in [-0.25, -0.2) is 0 Å². The van der Waals surface area contributed by atoms with E-state index in [1.807, 2.05) is 11.8 Å². The summed E-state index contributed by atoms with van der Waals surface area (Å²) in [6, 6.07) is 0. The highest BCUT2D eigenvalue weighted by Gasteiger charge is 2.33. The normalized spacial score (nSPS) is 24.7. The minimum Gasteiger partial charge on any atom is -0.381 e. The largest absolute Gasteiger partial charge is 0.381 e. The molecule has 0 aromatic rings. The van der Waals surface area contributed by atoms with Gasteiger partial charge in [0.25, 0.3) is 0 Å². The van der Waals surface area contributed by atoms with Crippen LogP contribution in [0.3, 0.4) is 0 Å². The van der Waals surface area contributed by atoms with Gasteiger partial charge in [0, 0.05) is 30.4 Å². The van der Waals surface area contributed by atoms with Crippen molar-refractivity contribution in [3.63, 3.8) is 0 Å². The van der Waals surface area contributed by atoms with E-state index in [-0.39, 0.29) is 16.6 Å². The molecule has 104 valence electrons. The fourth-order valence-electron chi connectivity index (χ4n) is 2.95. The Hall–Kier alpha value is -0.220. The summed E-state index contributed by atoms with van der Waals surface area (Å²) in [5.74, 6) is 0.562. The number of rotatable bonds is 4. The van der Waals surface area contributed by atoms with Crippen LogP contribution in [0.5, 0.6) is 0 Å². The van der Waals surface area contributed by atoms with E-state index in [4.69, 9.17) is 4.74 Å². The van der Waals surface area contributed by atoms with Gasteiger partial charge in [-0.2, -0.15) is 11.8 Å². The zero-order valence-corrected chi connectivity index (χ0v) is 12.2. The van der Waals surface area contributed by atoms with E-state index in [1.54, 1.807) is 0 Å². The number of amides is 1. The highest BCUT2D eigenvalue weighted by molar-refractivity contribution is 8.00. The molecule has 4 heteroatoms. The van der Waals surface area contributed by atoms with Crippen LogP contribution in [-0.4, -0.2) is 36.7 Å². The predicted molar refractivity (Wildman–Crippen MR) is 75.9 cm³/mol. The molecule has 0 aromatic carbocycles. The molecule has 1 aliphatic heterocycles. The van der Waals surface area contributed by atoms with Crippen LogP contribution in [0.4, 0.5) is 0 Å². The number of thioether (sulfide) groups is 1. The third kappa shape index (κ3) is 3.64. The van der Waals surface area contributed by atoms with Crippen LogP contribution in [0.15, 0.2) is 0 Å². The van der Waals surface area contributed by atoms with Crippen molar-refractivity contribution in [3.8, 4) is 0 Å². The standard InChI is InChI=1S/C14H25NO2S/c1-18-14(7-9-17-10-8-14)11-15-13(16)12-5-3-2-4-6-12/h12H,2-11H2,1H3,(H,15,16). The first kappa shape index (κ1) is 14.2. The fourth-order valence-corrected chi connectivity index (χ4v) is 3.75. The van der Waals surface area contributed by atoms with E-state index in [9.17, 15) is 4.79 Å². The molecular weight excluding hydrogens is 246 g/mol. The van der Waals surface area contributed by atoms with Crippen molar-refractivity contribution in [2.24, 2.45) is 5.92 Å².